The van der Waals surface area contributed by atoms with E-state index in [1.54, 1.807) is 32.8 Å². The van der Waals surface area contributed by atoms with E-state index < -0.39 is 33.5 Å². The lowest BCUT2D eigenvalue weighted by molar-refractivity contribution is -0.125. The summed E-state index contributed by atoms with van der Waals surface area (Å²) in [6.07, 6.45) is 0.573. The highest BCUT2D eigenvalue weighted by Crippen LogP contribution is 2.27. The number of benzene rings is 1. The standard InChI is InChI=1S/C29H53N5O6S/c1-23(2)14-17-34(41(39,40)32-28(5,6)22-35)29(38,18-24-12-10-9-11-13-24)15-16-30-25(36)19-27(3,4)21-31-26(37)20-33(7)8/h9-13,23,32,35,38H,14-22H2,1-8H3,(H,30,36)(H,31,37). The van der Waals surface area contributed by atoms with Crippen molar-refractivity contribution in [3.63, 3.8) is 0 Å². The molecule has 1 unspecified atom stereocenters. The first-order valence-electron chi connectivity index (χ1n) is 14.2. The summed E-state index contributed by atoms with van der Waals surface area (Å²) < 4.78 is 30.9. The molecule has 41 heavy (non-hydrogen) atoms. The lowest BCUT2D eigenvalue weighted by Crippen LogP contribution is -2.61. The van der Waals surface area contributed by atoms with E-state index in [4.69, 9.17) is 0 Å². The van der Waals surface area contributed by atoms with E-state index >= 15 is 0 Å². The van der Waals surface area contributed by atoms with Gasteiger partial charge in [0, 0.05) is 38.9 Å². The fourth-order valence-electron chi connectivity index (χ4n) is 4.23. The van der Waals surface area contributed by atoms with Gasteiger partial charge in [-0.15, -0.1) is 0 Å². The maximum atomic E-state index is 13.7. The molecule has 0 radical (unpaired) electrons. The van der Waals surface area contributed by atoms with Crippen LogP contribution in [0, 0.1) is 11.3 Å². The molecule has 236 valence electrons. The van der Waals surface area contributed by atoms with Crippen molar-refractivity contribution < 1.29 is 28.2 Å². The van der Waals surface area contributed by atoms with Crippen LogP contribution in [0.5, 0.6) is 0 Å². The topological polar surface area (TPSA) is 151 Å². The summed E-state index contributed by atoms with van der Waals surface area (Å²) in [7, 11) is -0.649. The van der Waals surface area contributed by atoms with Crippen LogP contribution in [0.25, 0.3) is 0 Å². The van der Waals surface area contributed by atoms with Crippen LogP contribution in [0.1, 0.15) is 66.4 Å². The Morgan fingerprint density at radius 1 is 1.00 bits per heavy atom. The number of nitrogens with zero attached hydrogens (tertiary/aromatic N) is 2. The Labute approximate surface area is 247 Å². The average molecular weight is 600 g/mol. The first kappa shape index (κ1) is 36.9. The minimum absolute atomic E-state index is 0.00562. The lowest BCUT2D eigenvalue weighted by Gasteiger charge is -2.41. The van der Waals surface area contributed by atoms with Crippen LogP contribution in [0.4, 0.5) is 0 Å². The molecule has 0 aliphatic rings. The minimum atomic E-state index is -4.25. The van der Waals surface area contributed by atoms with Crippen molar-refractivity contribution in [1.82, 2.24) is 24.6 Å². The maximum Gasteiger partial charge on any atom is 0.282 e. The molecule has 1 aromatic rings. The fraction of sp³-hybridized carbons (Fsp3) is 0.724. The number of aliphatic hydroxyl groups is 2. The summed E-state index contributed by atoms with van der Waals surface area (Å²) in [4.78, 5) is 26.6. The van der Waals surface area contributed by atoms with Gasteiger partial charge in [0.15, 0.2) is 0 Å². The molecule has 12 heteroatoms. The molecule has 11 nitrogen and oxygen atoms in total. The van der Waals surface area contributed by atoms with Crippen LogP contribution < -0.4 is 15.4 Å². The molecule has 0 bridgehead atoms. The van der Waals surface area contributed by atoms with E-state index in [0.717, 1.165) is 9.87 Å². The highest BCUT2D eigenvalue weighted by molar-refractivity contribution is 7.87. The van der Waals surface area contributed by atoms with Crippen molar-refractivity contribution in [2.24, 2.45) is 11.3 Å². The van der Waals surface area contributed by atoms with Gasteiger partial charge in [-0.3, -0.25) is 9.59 Å². The van der Waals surface area contributed by atoms with Crippen molar-refractivity contribution >= 4 is 22.0 Å². The number of nitrogens with one attached hydrogen (secondary N) is 3. The summed E-state index contributed by atoms with van der Waals surface area (Å²) >= 11 is 0. The zero-order valence-electron chi connectivity index (χ0n) is 26.2. The van der Waals surface area contributed by atoms with Crippen molar-refractivity contribution in [2.75, 3.05) is 46.9 Å². The Morgan fingerprint density at radius 2 is 1.61 bits per heavy atom. The number of hydrogen-bond donors (Lipinski definition) is 5. The number of likely N-dealkylation sites (N-methyl/N-ethyl adjacent to an activating group) is 1. The zero-order valence-corrected chi connectivity index (χ0v) is 27.0. The Balaban J connectivity index is 3.13. The molecular weight excluding hydrogens is 546 g/mol. The third-order valence-corrected chi connectivity index (χ3v) is 8.42. The average Bonchev–Trinajstić information content (AvgIpc) is 2.81. The van der Waals surface area contributed by atoms with Gasteiger partial charge in [0.2, 0.25) is 11.8 Å². The minimum Gasteiger partial charge on any atom is -0.394 e. The maximum absolute atomic E-state index is 13.7. The van der Waals surface area contributed by atoms with Gasteiger partial charge in [-0.05, 0) is 51.3 Å². The van der Waals surface area contributed by atoms with Gasteiger partial charge in [0.25, 0.3) is 10.2 Å². The van der Waals surface area contributed by atoms with Crippen molar-refractivity contribution in [2.45, 2.75) is 78.5 Å². The molecule has 0 saturated carbocycles. The first-order valence-corrected chi connectivity index (χ1v) is 15.6. The summed E-state index contributed by atoms with van der Waals surface area (Å²) in [5.41, 5.74) is -2.79. The van der Waals surface area contributed by atoms with E-state index in [2.05, 4.69) is 15.4 Å². The Hall–Kier alpha value is -2.09. The van der Waals surface area contributed by atoms with Gasteiger partial charge < -0.3 is 25.7 Å². The van der Waals surface area contributed by atoms with Gasteiger partial charge in [-0.25, -0.2) is 0 Å². The molecule has 0 aromatic heterocycles. The molecule has 1 rings (SSSR count). The summed E-state index contributed by atoms with van der Waals surface area (Å²) in [6.45, 7) is 11.0. The van der Waals surface area contributed by atoms with E-state index in [1.807, 2.05) is 58.0 Å². The number of rotatable bonds is 19. The Bertz CT molecular complexity index is 1060. The van der Waals surface area contributed by atoms with Crippen LogP contribution in [-0.4, -0.2) is 97.8 Å². The molecule has 0 spiro atoms. The summed E-state index contributed by atoms with van der Waals surface area (Å²) in [5.74, 6) is -0.232. The van der Waals surface area contributed by atoms with Gasteiger partial charge in [0.05, 0.1) is 18.7 Å². The SMILES string of the molecule is CC(C)CCN(C(O)(CCNC(=O)CC(C)(C)CNC(=O)CN(C)C)Cc1ccccc1)S(=O)(=O)NC(C)(C)CO. The molecule has 0 aliphatic carbocycles. The third kappa shape index (κ3) is 14.1. The number of hydrogen-bond acceptors (Lipinski definition) is 7. The van der Waals surface area contributed by atoms with Crippen molar-refractivity contribution in [1.29, 1.82) is 0 Å². The van der Waals surface area contributed by atoms with Gasteiger partial charge >= 0.3 is 0 Å². The van der Waals surface area contributed by atoms with E-state index in [-0.39, 0.29) is 56.6 Å². The predicted octanol–water partition coefficient (Wildman–Crippen LogP) is 1.47. The van der Waals surface area contributed by atoms with Crippen molar-refractivity contribution in [3.05, 3.63) is 35.9 Å². The normalized spacial score (nSPS) is 14.4. The van der Waals surface area contributed by atoms with Gasteiger partial charge in [-0.1, -0.05) is 58.0 Å². The summed E-state index contributed by atoms with van der Waals surface area (Å²) in [6, 6.07) is 9.10. The monoisotopic (exact) mass is 599 g/mol. The molecule has 1 aromatic carbocycles. The fourth-order valence-corrected chi connectivity index (χ4v) is 6.05. The Morgan fingerprint density at radius 3 is 2.15 bits per heavy atom. The lowest BCUT2D eigenvalue weighted by atomic mass is 9.88. The van der Waals surface area contributed by atoms with Crippen molar-refractivity contribution in [3.8, 4) is 0 Å². The quantitative estimate of drug-likeness (QED) is 0.151. The second-order valence-electron chi connectivity index (χ2n) is 13.0. The van der Waals surface area contributed by atoms with Crippen LogP contribution >= 0.6 is 0 Å². The highest BCUT2D eigenvalue weighted by atomic mass is 32.2. The number of aliphatic hydroxyl groups excluding tert-OH is 1. The molecule has 0 heterocycles. The largest absolute Gasteiger partial charge is 0.394 e. The summed E-state index contributed by atoms with van der Waals surface area (Å²) in [5, 5.41) is 27.4. The second-order valence-corrected chi connectivity index (χ2v) is 14.6. The highest BCUT2D eigenvalue weighted by Gasteiger charge is 2.43. The number of amides is 2. The van der Waals surface area contributed by atoms with Gasteiger partial charge in [0.1, 0.15) is 5.72 Å². The molecule has 0 saturated heterocycles. The third-order valence-electron chi connectivity index (χ3n) is 6.51. The number of carbonyl (C=O) groups is 2. The smallest absolute Gasteiger partial charge is 0.282 e. The van der Waals surface area contributed by atoms with Crippen LogP contribution in [-0.2, 0) is 26.2 Å². The van der Waals surface area contributed by atoms with E-state index in [1.165, 1.54) is 0 Å². The van der Waals surface area contributed by atoms with Gasteiger partial charge in [-0.2, -0.15) is 17.4 Å². The molecule has 2 amide bonds. The Kier molecular flexibility index (Phi) is 14.4. The van der Waals surface area contributed by atoms with E-state index in [9.17, 15) is 28.2 Å². The molecule has 1 atom stereocenters. The number of carbonyl (C=O) groups excluding carboxylic acids is 2. The second kappa shape index (κ2) is 15.9. The molecule has 0 fully saturated rings. The predicted molar refractivity (Wildman–Crippen MR) is 162 cm³/mol. The van der Waals surface area contributed by atoms with Crippen LogP contribution in [0.3, 0.4) is 0 Å². The first-order chi connectivity index (χ1) is 18.8. The zero-order chi connectivity index (χ0) is 31.5. The van der Waals surface area contributed by atoms with E-state index in [0.29, 0.717) is 13.0 Å². The van der Waals surface area contributed by atoms with Crippen LogP contribution in [0.15, 0.2) is 30.3 Å². The molecule has 0 aliphatic heterocycles. The van der Waals surface area contributed by atoms with Crippen LogP contribution in [0.2, 0.25) is 0 Å². The molecule has 5 N–H and O–H groups in total. The molecular formula is C29H53N5O6S.